The third-order valence-corrected chi connectivity index (χ3v) is 3.72. The molecule has 1 saturated heterocycles. The molecule has 116 valence electrons. The summed E-state index contributed by atoms with van der Waals surface area (Å²) < 4.78 is 0. The van der Waals surface area contributed by atoms with Crippen molar-refractivity contribution in [3.05, 3.63) is 35.5 Å². The molecule has 0 unspecified atom stereocenters. The van der Waals surface area contributed by atoms with E-state index in [-0.39, 0.29) is 11.5 Å². The molecule has 1 heterocycles. The Hall–Kier alpha value is -2.52. The topological polar surface area (TPSA) is 85.4 Å². The van der Waals surface area contributed by atoms with Crippen molar-refractivity contribution in [3.63, 3.8) is 0 Å². The van der Waals surface area contributed by atoms with E-state index >= 15 is 0 Å². The number of benzene rings is 1. The Labute approximate surface area is 130 Å². The van der Waals surface area contributed by atoms with Crippen LogP contribution in [0.15, 0.2) is 30.0 Å². The SMILES string of the molecule is Cc1ccc(N/C=C(/C#N)C(=O)N2CCN(C)CC2)c(N)c1. The van der Waals surface area contributed by atoms with Gasteiger partial charge in [0.1, 0.15) is 11.6 Å². The van der Waals surface area contributed by atoms with Crippen molar-refractivity contribution in [1.29, 1.82) is 5.26 Å². The van der Waals surface area contributed by atoms with Gasteiger partial charge in [0, 0.05) is 32.4 Å². The van der Waals surface area contributed by atoms with Crippen LogP contribution in [0.3, 0.4) is 0 Å². The molecule has 1 fully saturated rings. The van der Waals surface area contributed by atoms with Gasteiger partial charge in [-0.25, -0.2) is 0 Å². The molecule has 1 aromatic rings. The first-order valence-electron chi connectivity index (χ1n) is 7.22. The molecule has 0 spiro atoms. The molecule has 0 saturated carbocycles. The van der Waals surface area contributed by atoms with Crippen molar-refractivity contribution < 1.29 is 4.79 Å². The molecule has 0 aromatic heterocycles. The number of carbonyl (C=O) groups is 1. The Balaban J connectivity index is 2.07. The molecule has 0 atom stereocenters. The van der Waals surface area contributed by atoms with Gasteiger partial charge in [-0.3, -0.25) is 4.79 Å². The van der Waals surface area contributed by atoms with Crippen LogP contribution >= 0.6 is 0 Å². The lowest BCUT2D eigenvalue weighted by molar-refractivity contribution is -0.128. The van der Waals surface area contributed by atoms with Gasteiger partial charge < -0.3 is 20.9 Å². The van der Waals surface area contributed by atoms with Crippen LogP contribution in [0.4, 0.5) is 11.4 Å². The van der Waals surface area contributed by atoms with Gasteiger partial charge in [-0.1, -0.05) is 6.07 Å². The molecule has 6 nitrogen and oxygen atoms in total. The standard InChI is InChI=1S/C16H21N5O/c1-12-3-4-15(14(18)9-12)19-11-13(10-17)16(22)21-7-5-20(2)6-8-21/h3-4,9,11,19H,5-8,18H2,1-2H3/b13-11-. The van der Waals surface area contributed by atoms with Crippen molar-refractivity contribution in [1.82, 2.24) is 9.80 Å². The van der Waals surface area contributed by atoms with E-state index < -0.39 is 0 Å². The normalized spacial score (nSPS) is 16.2. The third-order valence-electron chi connectivity index (χ3n) is 3.72. The summed E-state index contributed by atoms with van der Waals surface area (Å²) >= 11 is 0. The van der Waals surface area contributed by atoms with E-state index in [0.717, 1.165) is 18.7 Å². The largest absolute Gasteiger partial charge is 0.397 e. The molecule has 2 rings (SSSR count). The molecular formula is C16H21N5O. The Bertz CT molecular complexity index is 624. The van der Waals surface area contributed by atoms with Crippen LogP contribution in [0.5, 0.6) is 0 Å². The maximum absolute atomic E-state index is 12.3. The monoisotopic (exact) mass is 299 g/mol. The number of nitrogen functional groups attached to an aromatic ring is 1. The maximum atomic E-state index is 12.3. The van der Waals surface area contributed by atoms with E-state index in [1.54, 1.807) is 4.90 Å². The Kier molecular flexibility index (Phi) is 5.02. The number of hydrogen-bond donors (Lipinski definition) is 2. The summed E-state index contributed by atoms with van der Waals surface area (Å²) in [7, 11) is 2.02. The van der Waals surface area contributed by atoms with Crippen LogP contribution in [0, 0.1) is 18.3 Å². The van der Waals surface area contributed by atoms with E-state index in [1.165, 1.54) is 6.20 Å². The average molecular weight is 299 g/mol. The van der Waals surface area contributed by atoms with Crippen molar-refractivity contribution in [2.24, 2.45) is 0 Å². The van der Waals surface area contributed by atoms with Gasteiger partial charge in [-0.15, -0.1) is 0 Å². The fourth-order valence-electron chi connectivity index (χ4n) is 2.29. The molecule has 3 N–H and O–H groups in total. The van der Waals surface area contributed by atoms with Crippen molar-refractivity contribution in [2.75, 3.05) is 44.3 Å². The number of rotatable bonds is 3. The summed E-state index contributed by atoms with van der Waals surface area (Å²) in [4.78, 5) is 16.2. The first kappa shape index (κ1) is 15.9. The van der Waals surface area contributed by atoms with E-state index in [4.69, 9.17) is 5.73 Å². The molecule has 0 radical (unpaired) electrons. The quantitative estimate of drug-likeness (QED) is 0.497. The summed E-state index contributed by atoms with van der Waals surface area (Å²) in [6, 6.07) is 7.55. The number of nitrogens with one attached hydrogen (secondary N) is 1. The molecule has 22 heavy (non-hydrogen) atoms. The second-order valence-electron chi connectivity index (χ2n) is 5.50. The zero-order valence-corrected chi connectivity index (χ0v) is 13.0. The number of likely N-dealkylation sites (N-methyl/N-ethyl adjacent to an activating group) is 1. The molecule has 6 heteroatoms. The molecule has 1 aromatic carbocycles. The summed E-state index contributed by atoms with van der Waals surface area (Å²) in [5.74, 6) is -0.242. The number of hydrogen-bond acceptors (Lipinski definition) is 5. The highest BCUT2D eigenvalue weighted by molar-refractivity contribution is 5.97. The molecule has 1 aliphatic rings. The second kappa shape index (κ2) is 6.96. The number of amides is 1. The first-order valence-corrected chi connectivity index (χ1v) is 7.22. The lowest BCUT2D eigenvalue weighted by Gasteiger charge is -2.32. The van der Waals surface area contributed by atoms with E-state index in [9.17, 15) is 10.1 Å². The molecular weight excluding hydrogens is 278 g/mol. The number of carbonyl (C=O) groups excluding carboxylic acids is 1. The van der Waals surface area contributed by atoms with Gasteiger partial charge >= 0.3 is 0 Å². The smallest absolute Gasteiger partial charge is 0.266 e. The van der Waals surface area contributed by atoms with Crippen LogP contribution in [-0.4, -0.2) is 48.9 Å². The van der Waals surface area contributed by atoms with Gasteiger partial charge in [-0.05, 0) is 31.7 Å². The van der Waals surface area contributed by atoms with Crippen molar-refractivity contribution >= 4 is 17.3 Å². The highest BCUT2D eigenvalue weighted by Crippen LogP contribution is 2.19. The highest BCUT2D eigenvalue weighted by Gasteiger charge is 2.22. The fraction of sp³-hybridized carbons (Fsp3) is 0.375. The zero-order chi connectivity index (χ0) is 16.1. The Morgan fingerprint density at radius 1 is 1.36 bits per heavy atom. The van der Waals surface area contributed by atoms with Crippen LogP contribution in [0.25, 0.3) is 0 Å². The van der Waals surface area contributed by atoms with E-state index in [0.29, 0.717) is 24.5 Å². The predicted octanol–water partition coefficient (Wildman–Crippen LogP) is 1.17. The van der Waals surface area contributed by atoms with Gasteiger partial charge in [0.2, 0.25) is 0 Å². The van der Waals surface area contributed by atoms with Gasteiger partial charge in [0.25, 0.3) is 5.91 Å². The third kappa shape index (κ3) is 3.77. The minimum atomic E-state index is -0.242. The average Bonchev–Trinajstić information content (AvgIpc) is 2.50. The molecule has 0 bridgehead atoms. The summed E-state index contributed by atoms with van der Waals surface area (Å²) in [5.41, 5.74) is 8.32. The van der Waals surface area contributed by atoms with Gasteiger partial charge in [0.05, 0.1) is 11.4 Å². The molecule has 0 aliphatic carbocycles. The van der Waals surface area contributed by atoms with Crippen LogP contribution in [0.1, 0.15) is 5.56 Å². The Morgan fingerprint density at radius 2 is 2.05 bits per heavy atom. The number of nitrogens with two attached hydrogens (primary N) is 1. The van der Waals surface area contributed by atoms with Crippen LogP contribution < -0.4 is 11.1 Å². The minimum absolute atomic E-state index is 0.0875. The number of anilines is 2. The number of aryl methyl sites for hydroxylation is 1. The Morgan fingerprint density at radius 3 is 2.64 bits per heavy atom. The lowest BCUT2D eigenvalue weighted by Crippen LogP contribution is -2.47. The van der Waals surface area contributed by atoms with Crippen LogP contribution in [-0.2, 0) is 4.79 Å². The maximum Gasteiger partial charge on any atom is 0.266 e. The predicted molar refractivity (Wildman–Crippen MR) is 87.0 cm³/mol. The number of piperazine rings is 1. The van der Waals surface area contributed by atoms with Crippen molar-refractivity contribution in [3.8, 4) is 6.07 Å². The summed E-state index contributed by atoms with van der Waals surface area (Å²) in [5, 5.41) is 12.2. The van der Waals surface area contributed by atoms with E-state index in [1.807, 2.05) is 38.2 Å². The van der Waals surface area contributed by atoms with Gasteiger partial charge in [0.15, 0.2) is 0 Å². The molecule has 1 aliphatic heterocycles. The fourth-order valence-corrected chi connectivity index (χ4v) is 2.29. The second-order valence-corrected chi connectivity index (χ2v) is 5.50. The molecule has 1 amide bonds. The lowest BCUT2D eigenvalue weighted by atomic mass is 10.2. The minimum Gasteiger partial charge on any atom is -0.397 e. The van der Waals surface area contributed by atoms with Gasteiger partial charge in [-0.2, -0.15) is 5.26 Å². The first-order chi connectivity index (χ1) is 10.5. The summed E-state index contributed by atoms with van der Waals surface area (Å²) in [6.45, 7) is 4.88. The highest BCUT2D eigenvalue weighted by atomic mass is 16.2. The summed E-state index contributed by atoms with van der Waals surface area (Å²) in [6.07, 6.45) is 1.43. The number of nitriles is 1. The number of nitrogens with zero attached hydrogens (tertiary/aromatic N) is 3. The van der Waals surface area contributed by atoms with Crippen molar-refractivity contribution in [2.45, 2.75) is 6.92 Å². The van der Waals surface area contributed by atoms with Crippen LogP contribution in [0.2, 0.25) is 0 Å². The van der Waals surface area contributed by atoms with E-state index in [2.05, 4.69) is 10.2 Å². The zero-order valence-electron chi connectivity index (χ0n) is 13.0.